The van der Waals surface area contributed by atoms with Crippen molar-refractivity contribution in [2.75, 3.05) is 13.2 Å². The summed E-state index contributed by atoms with van der Waals surface area (Å²) in [5.74, 6) is -1.27. The minimum Gasteiger partial charge on any atom is -0.454 e. The number of esters is 1. The van der Waals surface area contributed by atoms with E-state index in [1.54, 1.807) is 6.08 Å². The fourth-order valence-corrected chi connectivity index (χ4v) is 8.86. The number of hydrogen-bond donors (Lipinski definition) is 6. The lowest BCUT2D eigenvalue weighted by Crippen LogP contribution is -2.61. The Morgan fingerprint density at radius 2 is 1.00 bits per heavy atom. The number of rotatable bonds is 48. The first-order valence-corrected chi connectivity index (χ1v) is 29.3. The van der Waals surface area contributed by atoms with Crippen molar-refractivity contribution in [1.29, 1.82) is 0 Å². The molecule has 1 saturated heterocycles. The normalized spacial score (nSPS) is 20.0. The van der Waals surface area contributed by atoms with E-state index in [0.717, 1.165) is 44.9 Å². The van der Waals surface area contributed by atoms with Crippen LogP contribution in [0.1, 0.15) is 239 Å². The molecule has 0 aliphatic carbocycles. The number of carbonyl (C=O) groups excluding carboxylic acids is 2. The molecule has 72 heavy (non-hydrogen) atoms. The fraction of sp³-hybridized carbons (Fsp3) is 0.770. The minimum absolute atomic E-state index is 0.0259. The Morgan fingerprint density at radius 3 is 1.49 bits per heavy atom. The Bertz CT molecular complexity index is 1440. The van der Waals surface area contributed by atoms with Crippen molar-refractivity contribution in [3.8, 4) is 0 Å². The first-order chi connectivity index (χ1) is 35.2. The minimum atomic E-state index is -1.64. The van der Waals surface area contributed by atoms with E-state index in [2.05, 4.69) is 32.2 Å². The van der Waals surface area contributed by atoms with Gasteiger partial charge in [0.25, 0.3) is 0 Å². The first kappa shape index (κ1) is 67.1. The summed E-state index contributed by atoms with van der Waals surface area (Å²) >= 11 is 0. The van der Waals surface area contributed by atoms with Gasteiger partial charge in [-0.05, 0) is 38.5 Å². The van der Waals surface area contributed by atoms with Crippen LogP contribution in [0.4, 0.5) is 0 Å². The molecule has 0 bridgehead atoms. The zero-order valence-electron chi connectivity index (χ0n) is 45.8. The van der Waals surface area contributed by atoms with Crippen LogP contribution in [0.25, 0.3) is 0 Å². The third kappa shape index (κ3) is 36.9. The quantitative estimate of drug-likeness (QED) is 0.0149. The third-order valence-corrected chi connectivity index (χ3v) is 13.5. The van der Waals surface area contributed by atoms with Gasteiger partial charge in [-0.15, -0.1) is 0 Å². The Labute approximate surface area is 439 Å². The number of nitrogens with one attached hydrogen (secondary N) is 1. The lowest BCUT2D eigenvalue weighted by molar-refractivity contribution is -0.305. The highest BCUT2D eigenvalue weighted by atomic mass is 16.7. The van der Waals surface area contributed by atoms with Gasteiger partial charge in [-0.25, -0.2) is 0 Å². The molecule has 6 N–H and O–H groups in total. The van der Waals surface area contributed by atoms with Crippen LogP contribution >= 0.6 is 0 Å². The molecule has 11 heteroatoms. The van der Waals surface area contributed by atoms with Gasteiger partial charge in [0, 0.05) is 6.42 Å². The summed E-state index contributed by atoms with van der Waals surface area (Å²) < 4.78 is 17.5. The van der Waals surface area contributed by atoms with E-state index >= 15 is 0 Å². The van der Waals surface area contributed by atoms with Crippen molar-refractivity contribution in [2.24, 2.45) is 0 Å². The number of aliphatic hydroxyl groups excluding tert-OH is 5. The molecule has 1 aliphatic heterocycles. The highest BCUT2D eigenvalue weighted by molar-refractivity contribution is 5.80. The van der Waals surface area contributed by atoms with Crippen LogP contribution in [0.15, 0.2) is 72.9 Å². The van der Waals surface area contributed by atoms with Gasteiger partial charge in [-0.2, -0.15) is 0 Å². The summed E-state index contributed by atoms with van der Waals surface area (Å²) in [7, 11) is 0. The lowest BCUT2D eigenvalue weighted by Gasteiger charge is -2.41. The van der Waals surface area contributed by atoms with Crippen molar-refractivity contribution in [1.82, 2.24) is 5.32 Å². The van der Waals surface area contributed by atoms with Crippen LogP contribution in [-0.4, -0.2) is 99.6 Å². The Morgan fingerprint density at radius 1 is 0.556 bits per heavy atom. The molecule has 1 aliphatic rings. The molecule has 1 fully saturated rings. The highest BCUT2D eigenvalue weighted by Crippen LogP contribution is 2.26. The molecule has 8 atom stereocenters. The largest absolute Gasteiger partial charge is 0.454 e. The maximum Gasteiger partial charge on any atom is 0.306 e. The third-order valence-electron chi connectivity index (χ3n) is 13.5. The number of allylic oxidation sites excluding steroid dienone is 11. The zero-order chi connectivity index (χ0) is 52.5. The monoisotopic (exact) mass is 1010 g/mol. The molecule has 11 nitrogen and oxygen atoms in total. The van der Waals surface area contributed by atoms with Gasteiger partial charge >= 0.3 is 5.97 Å². The molecule has 0 radical (unpaired) electrons. The number of aliphatic hydroxyl groups is 5. The van der Waals surface area contributed by atoms with Crippen molar-refractivity contribution in [3.05, 3.63) is 72.9 Å². The number of hydrogen-bond acceptors (Lipinski definition) is 10. The summed E-state index contributed by atoms with van der Waals surface area (Å²) in [5, 5.41) is 56.8. The Balaban J connectivity index is 2.74. The SMILES string of the molecule is CC/C=C/C=C/C=C\C=C/C=C/CCCC(=O)OC1C(OCC(NC(=O)C(O)CCCCCCCCCCCCCCCCCCCC)C(O)/C=C/CCCCCCCCCCCC)OC(CO)C(O)C1O. The molecule has 0 aromatic rings. The average Bonchev–Trinajstić information content (AvgIpc) is 3.38. The maximum absolute atomic E-state index is 13.4. The topological polar surface area (TPSA) is 175 Å². The molecule has 1 amide bonds. The molecule has 0 aromatic carbocycles. The van der Waals surface area contributed by atoms with E-state index in [9.17, 15) is 35.1 Å². The number of carbonyl (C=O) groups is 2. The van der Waals surface area contributed by atoms with E-state index in [1.165, 1.54) is 141 Å². The zero-order valence-corrected chi connectivity index (χ0v) is 45.8. The maximum atomic E-state index is 13.4. The fourth-order valence-electron chi connectivity index (χ4n) is 8.86. The average molecular weight is 1010 g/mol. The van der Waals surface area contributed by atoms with Crippen molar-refractivity contribution in [3.63, 3.8) is 0 Å². The van der Waals surface area contributed by atoms with E-state index in [1.807, 2.05) is 60.8 Å². The number of unbranched alkanes of at least 4 members (excludes halogenated alkanes) is 28. The second kappa shape index (κ2) is 49.0. The second-order valence-corrected chi connectivity index (χ2v) is 20.1. The van der Waals surface area contributed by atoms with Gasteiger partial charge < -0.3 is 45.1 Å². The predicted molar refractivity (Wildman–Crippen MR) is 296 cm³/mol. The van der Waals surface area contributed by atoms with Crippen LogP contribution < -0.4 is 5.32 Å². The smallest absolute Gasteiger partial charge is 0.306 e. The molecular weight excluding hydrogens is 907 g/mol. The van der Waals surface area contributed by atoms with E-state index in [0.29, 0.717) is 19.3 Å². The van der Waals surface area contributed by atoms with Crippen LogP contribution in [0, 0.1) is 0 Å². The Hall–Kier alpha value is -2.90. The van der Waals surface area contributed by atoms with E-state index in [-0.39, 0.29) is 19.4 Å². The van der Waals surface area contributed by atoms with Crippen molar-refractivity contribution >= 4 is 11.9 Å². The summed E-state index contributed by atoms with van der Waals surface area (Å²) in [4.78, 5) is 26.4. The molecule has 0 spiro atoms. The van der Waals surface area contributed by atoms with Gasteiger partial charge in [0.2, 0.25) is 5.91 Å². The first-order valence-electron chi connectivity index (χ1n) is 29.3. The van der Waals surface area contributed by atoms with E-state index < -0.39 is 67.4 Å². The van der Waals surface area contributed by atoms with Crippen LogP contribution in [-0.2, 0) is 23.8 Å². The predicted octanol–water partition coefficient (Wildman–Crippen LogP) is 13.2. The summed E-state index contributed by atoms with van der Waals surface area (Å²) in [5.41, 5.74) is 0. The van der Waals surface area contributed by atoms with Gasteiger partial charge in [-0.1, -0.05) is 267 Å². The van der Waals surface area contributed by atoms with Gasteiger partial charge in [0.05, 0.1) is 25.4 Å². The Kier molecular flexibility index (Phi) is 45.7. The summed E-state index contributed by atoms with van der Waals surface area (Å²) in [6.45, 7) is 5.60. The molecule has 1 rings (SSSR count). The molecule has 416 valence electrons. The number of amides is 1. The van der Waals surface area contributed by atoms with Gasteiger partial charge in [0.1, 0.15) is 24.4 Å². The van der Waals surface area contributed by atoms with Crippen LogP contribution in [0.3, 0.4) is 0 Å². The standard InChI is InChI=1S/C61H107NO10/c1-4-7-10-13-16-19-22-25-26-27-28-29-31-33-36-39-42-45-48-54(65)60(69)62-52(53(64)47-44-41-38-35-32-24-21-18-15-12-9-6-3)51-70-61-59(58(68)57(67)55(50-63)71-61)72-56(66)49-46-43-40-37-34-30-23-20-17-14-11-8-5-2/h8,11,14,17,20,23,30,34,37,40,44,47,52-55,57-59,61,63-65,67-68H,4-7,9-10,12-13,15-16,18-19,21-22,24-29,31-33,35-36,38-39,41-43,45-46,48-51H2,1-3H3,(H,62,69)/b11-8+,17-14+,23-20-,34-30-,40-37+,47-44+. The van der Waals surface area contributed by atoms with Crippen molar-refractivity contribution in [2.45, 2.75) is 288 Å². The highest BCUT2D eigenvalue weighted by Gasteiger charge is 2.47. The molecule has 1 heterocycles. The van der Waals surface area contributed by atoms with Crippen molar-refractivity contribution < 1.29 is 49.3 Å². The van der Waals surface area contributed by atoms with Gasteiger partial charge in [0.15, 0.2) is 12.4 Å². The molecular formula is C61H107NO10. The second-order valence-electron chi connectivity index (χ2n) is 20.1. The lowest BCUT2D eigenvalue weighted by atomic mass is 9.99. The number of ether oxygens (including phenoxy) is 3. The van der Waals surface area contributed by atoms with E-state index in [4.69, 9.17) is 14.2 Å². The van der Waals surface area contributed by atoms with Crippen LogP contribution in [0.5, 0.6) is 0 Å². The molecule has 0 aromatic heterocycles. The summed E-state index contributed by atoms with van der Waals surface area (Å²) in [6.07, 6.45) is 51.0. The molecule has 0 saturated carbocycles. The van der Waals surface area contributed by atoms with Gasteiger partial charge in [-0.3, -0.25) is 9.59 Å². The molecule has 8 unspecified atom stereocenters. The van der Waals surface area contributed by atoms with Crippen LogP contribution in [0.2, 0.25) is 0 Å². The summed E-state index contributed by atoms with van der Waals surface area (Å²) in [6, 6.07) is -1.04.